The highest BCUT2D eigenvalue weighted by molar-refractivity contribution is 8.00. The molecule has 2 aromatic rings. The van der Waals surface area contributed by atoms with E-state index in [0.29, 0.717) is 10.6 Å². The van der Waals surface area contributed by atoms with Crippen LogP contribution in [0.2, 0.25) is 5.02 Å². The van der Waals surface area contributed by atoms with Crippen molar-refractivity contribution in [2.45, 2.75) is 34.3 Å². The highest BCUT2D eigenvalue weighted by atomic mass is 35.6. The van der Waals surface area contributed by atoms with Gasteiger partial charge < -0.3 is 14.6 Å². The minimum absolute atomic E-state index is 0.0407. The van der Waals surface area contributed by atoms with Crippen molar-refractivity contribution in [1.29, 1.82) is 0 Å². The van der Waals surface area contributed by atoms with Crippen molar-refractivity contribution in [2.24, 2.45) is 0 Å². The minimum atomic E-state index is -1.78. The van der Waals surface area contributed by atoms with Crippen LogP contribution in [-0.4, -0.2) is 54.9 Å². The molecular formula is C21H17Cl4N3O5S. The van der Waals surface area contributed by atoms with Crippen LogP contribution >= 0.6 is 58.2 Å². The molecule has 2 amide bonds. The first kappa shape index (κ1) is 25.2. The average Bonchev–Trinajstić information content (AvgIpc) is 3.16. The smallest absolute Gasteiger partial charge is 0.354 e. The lowest BCUT2D eigenvalue weighted by Crippen LogP contribution is -2.70. The van der Waals surface area contributed by atoms with Crippen molar-refractivity contribution in [3.05, 3.63) is 52.4 Å². The molecule has 0 spiro atoms. The summed E-state index contributed by atoms with van der Waals surface area (Å²) in [6.07, 6.45) is 1.59. The van der Waals surface area contributed by atoms with Crippen LogP contribution in [-0.2, 0) is 14.3 Å². The Bertz CT molecular complexity index is 1200. The number of nitrogens with zero attached hydrogens (tertiary/aromatic N) is 2. The number of nitrogens with one attached hydrogen (secondary N) is 1. The number of esters is 1. The summed E-state index contributed by atoms with van der Waals surface area (Å²) in [5.41, 5.74) is 1.00. The topological polar surface area (TPSA) is 102 Å². The van der Waals surface area contributed by atoms with Gasteiger partial charge in [0.25, 0.3) is 11.8 Å². The van der Waals surface area contributed by atoms with Gasteiger partial charge in [-0.05, 0) is 26.0 Å². The molecule has 3 heterocycles. The second-order valence-electron chi connectivity index (χ2n) is 7.58. The maximum Gasteiger partial charge on any atom is 0.354 e. The SMILES string of the molecule is Cc1onc(-c2ccccc2Cl)c1C(=O)NC1C(=O)N2C(C(=O)OCC(Cl)(Cl)Cl)=CC(C)S[C@@H]12. The first-order valence-corrected chi connectivity index (χ1v) is 12.4. The maximum atomic E-state index is 13.2. The van der Waals surface area contributed by atoms with Crippen molar-refractivity contribution in [3.63, 3.8) is 0 Å². The fourth-order valence-corrected chi connectivity index (χ4v) is 5.35. The Labute approximate surface area is 218 Å². The number of halogens is 4. The van der Waals surface area contributed by atoms with E-state index in [-0.39, 0.29) is 28.0 Å². The average molecular weight is 565 g/mol. The quantitative estimate of drug-likeness (QED) is 0.324. The van der Waals surface area contributed by atoms with Crippen LogP contribution in [0.3, 0.4) is 0 Å². The summed E-state index contributed by atoms with van der Waals surface area (Å²) in [6, 6.07) is 6.02. The number of alkyl halides is 3. The number of aryl methyl sites for hydroxylation is 1. The zero-order valence-corrected chi connectivity index (χ0v) is 21.5. The van der Waals surface area contributed by atoms with E-state index in [4.69, 9.17) is 55.7 Å². The molecule has 0 saturated carbocycles. The minimum Gasteiger partial charge on any atom is -0.456 e. The molecule has 0 radical (unpaired) electrons. The number of carbonyl (C=O) groups is 3. The van der Waals surface area contributed by atoms with Gasteiger partial charge in [-0.2, -0.15) is 0 Å². The van der Waals surface area contributed by atoms with Crippen molar-refractivity contribution < 1.29 is 23.6 Å². The zero-order chi connectivity index (χ0) is 24.8. The third-order valence-electron chi connectivity index (χ3n) is 5.13. The summed E-state index contributed by atoms with van der Waals surface area (Å²) in [4.78, 5) is 39.9. The molecule has 34 heavy (non-hydrogen) atoms. The van der Waals surface area contributed by atoms with Crippen molar-refractivity contribution in [1.82, 2.24) is 15.4 Å². The first-order valence-electron chi connectivity index (χ1n) is 9.94. The van der Waals surface area contributed by atoms with Crippen LogP contribution in [0, 0.1) is 6.92 Å². The molecule has 1 N–H and O–H groups in total. The first-order chi connectivity index (χ1) is 16.0. The van der Waals surface area contributed by atoms with Crippen molar-refractivity contribution in [2.75, 3.05) is 6.61 Å². The van der Waals surface area contributed by atoms with E-state index < -0.39 is 39.6 Å². The summed E-state index contributed by atoms with van der Waals surface area (Å²) in [6.45, 7) is 2.97. The molecule has 13 heteroatoms. The number of amides is 2. The van der Waals surface area contributed by atoms with E-state index in [2.05, 4.69) is 10.5 Å². The fourth-order valence-electron chi connectivity index (χ4n) is 3.63. The van der Waals surface area contributed by atoms with E-state index in [1.807, 2.05) is 6.92 Å². The summed E-state index contributed by atoms with van der Waals surface area (Å²) in [5, 5.41) is 6.46. The summed E-state index contributed by atoms with van der Waals surface area (Å²) >= 11 is 24.6. The molecule has 3 atom stereocenters. The fraction of sp³-hybridized carbons (Fsp3) is 0.333. The van der Waals surface area contributed by atoms with Gasteiger partial charge in [0.1, 0.15) is 40.7 Å². The van der Waals surface area contributed by atoms with Gasteiger partial charge in [-0.1, -0.05) is 69.8 Å². The second-order valence-corrected chi connectivity index (χ2v) is 12.0. The standard InChI is InChI=1S/C21H17Cl4N3O5S/c1-9-7-13(20(31)32-8-21(23,24)25)28-18(30)16(19(28)34-9)26-17(29)14-10(2)33-27-15(14)11-5-3-4-6-12(11)22/h3-7,9,16,19H,8H2,1-2H3,(H,26,29)/t9?,16?,19-/m0/s1. The Morgan fingerprint density at radius 2 is 2.00 bits per heavy atom. The van der Waals surface area contributed by atoms with Gasteiger partial charge >= 0.3 is 5.97 Å². The highest BCUT2D eigenvalue weighted by Gasteiger charge is 2.54. The van der Waals surface area contributed by atoms with Crippen molar-refractivity contribution in [3.8, 4) is 11.3 Å². The summed E-state index contributed by atoms with van der Waals surface area (Å²) in [5.74, 6) is -1.54. The number of benzene rings is 1. The third kappa shape index (κ3) is 4.90. The van der Waals surface area contributed by atoms with Gasteiger partial charge in [0.15, 0.2) is 0 Å². The molecule has 1 fully saturated rings. The Hall–Kier alpha value is -1.91. The van der Waals surface area contributed by atoms with Crippen LogP contribution in [0.4, 0.5) is 0 Å². The summed E-state index contributed by atoms with van der Waals surface area (Å²) in [7, 11) is 0. The Kier molecular flexibility index (Phi) is 7.13. The molecule has 0 bridgehead atoms. The van der Waals surface area contributed by atoms with E-state index in [1.54, 1.807) is 37.3 Å². The van der Waals surface area contributed by atoms with E-state index in [1.165, 1.54) is 16.7 Å². The molecule has 2 unspecified atom stereocenters. The van der Waals surface area contributed by atoms with Crippen molar-refractivity contribution >= 4 is 75.9 Å². The maximum absolute atomic E-state index is 13.2. The molecule has 180 valence electrons. The number of fused-ring (bicyclic) bond motifs is 1. The van der Waals surface area contributed by atoms with Gasteiger partial charge in [0.2, 0.25) is 3.79 Å². The molecular weight excluding hydrogens is 548 g/mol. The Balaban J connectivity index is 1.52. The van der Waals surface area contributed by atoms with Gasteiger partial charge in [0, 0.05) is 10.8 Å². The molecule has 8 nitrogen and oxygen atoms in total. The third-order valence-corrected chi connectivity index (χ3v) is 7.11. The van der Waals surface area contributed by atoms with Gasteiger partial charge in [-0.3, -0.25) is 14.5 Å². The van der Waals surface area contributed by atoms with Crippen LogP contribution in [0.5, 0.6) is 0 Å². The number of carbonyl (C=O) groups excluding carboxylic acids is 3. The Morgan fingerprint density at radius 1 is 1.29 bits per heavy atom. The molecule has 2 aliphatic rings. The summed E-state index contributed by atoms with van der Waals surface area (Å²) < 4.78 is 8.49. The number of β-lactam (4-membered cyclic amide) rings is 1. The monoisotopic (exact) mass is 563 g/mol. The highest BCUT2D eigenvalue weighted by Crippen LogP contribution is 2.41. The van der Waals surface area contributed by atoms with Crippen LogP contribution < -0.4 is 5.32 Å². The molecule has 1 saturated heterocycles. The second kappa shape index (κ2) is 9.62. The molecule has 1 aromatic carbocycles. The Morgan fingerprint density at radius 3 is 2.68 bits per heavy atom. The number of aromatic nitrogens is 1. The lowest BCUT2D eigenvalue weighted by atomic mass is 10.0. The lowest BCUT2D eigenvalue weighted by Gasteiger charge is -2.49. The largest absolute Gasteiger partial charge is 0.456 e. The molecule has 2 aliphatic heterocycles. The predicted octanol–water partition coefficient (Wildman–Crippen LogP) is 4.50. The predicted molar refractivity (Wildman–Crippen MR) is 130 cm³/mol. The zero-order valence-electron chi connectivity index (χ0n) is 17.7. The molecule has 1 aromatic heterocycles. The number of rotatable bonds is 5. The number of hydrogen-bond donors (Lipinski definition) is 1. The number of hydrogen-bond acceptors (Lipinski definition) is 7. The molecule has 0 aliphatic carbocycles. The van der Waals surface area contributed by atoms with Gasteiger partial charge in [-0.25, -0.2) is 4.79 Å². The van der Waals surface area contributed by atoms with Crippen LogP contribution in [0.15, 0.2) is 40.6 Å². The van der Waals surface area contributed by atoms with Gasteiger partial charge in [-0.15, -0.1) is 11.8 Å². The van der Waals surface area contributed by atoms with Crippen LogP contribution in [0.1, 0.15) is 23.0 Å². The lowest BCUT2D eigenvalue weighted by molar-refractivity contribution is -0.151. The number of ether oxygens (including phenoxy) is 1. The van der Waals surface area contributed by atoms with E-state index in [9.17, 15) is 14.4 Å². The van der Waals surface area contributed by atoms with Gasteiger partial charge in [0.05, 0.1) is 5.02 Å². The molecule has 4 rings (SSSR count). The van der Waals surface area contributed by atoms with E-state index in [0.717, 1.165) is 0 Å². The normalized spacial score (nSPS) is 21.9. The van der Waals surface area contributed by atoms with E-state index >= 15 is 0 Å². The van der Waals surface area contributed by atoms with Crippen LogP contribution in [0.25, 0.3) is 11.3 Å². The number of thioether (sulfide) groups is 1.